The summed E-state index contributed by atoms with van der Waals surface area (Å²) in [4.78, 5) is 0. The van der Waals surface area contributed by atoms with Crippen LogP contribution in [0.3, 0.4) is 0 Å². The molecule has 0 amide bonds. The highest BCUT2D eigenvalue weighted by Gasteiger charge is 2.60. The van der Waals surface area contributed by atoms with Crippen molar-refractivity contribution in [1.82, 2.24) is 0 Å². The Bertz CT molecular complexity index is 563. The maximum Gasteiger partial charge on any atom is 0.172 e. The molecule has 3 nitrogen and oxygen atoms in total. The van der Waals surface area contributed by atoms with Gasteiger partial charge >= 0.3 is 0 Å². The van der Waals surface area contributed by atoms with Crippen molar-refractivity contribution in [3.63, 3.8) is 0 Å². The Kier molecular flexibility index (Phi) is 3.35. The van der Waals surface area contributed by atoms with Gasteiger partial charge in [-0.25, -0.2) is 0 Å². The first-order chi connectivity index (χ1) is 11.5. The second-order valence-electron chi connectivity index (χ2n) is 9.68. The van der Waals surface area contributed by atoms with Crippen molar-refractivity contribution in [2.75, 3.05) is 13.2 Å². The number of allylic oxidation sites excluding steroid dienone is 1. The zero-order valence-electron chi connectivity index (χ0n) is 15.2. The van der Waals surface area contributed by atoms with Gasteiger partial charge in [0.25, 0.3) is 0 Å². The predicted octanol–water partition coefficient (Wildman–Crippen LogP) is 4.05. The third-order valence-corrected chi connectivity index (χ3v) is 8.87. The van der Waals surface area contributed by atoms with E-state index in [0.29, 0.717) is 5.41 Å². The van der Waals surface area contributed by atoms with Crippen molar-refractivity contribution < 1.29 is 14.6 Å². The van der Waals surface area contributed by atoms with Crippen LogP contribution in [0.2, 0.25) is 0 Å². The van der Waals surface area contributed by atoms with E-state index in [1.54, 1.807) is 5.57 Å². The minimum Gasteiger partial charge on any atom is -0.393 e. The van der Waals surface area contributed by atoms with Crippen molar-refractivity contribution in [3.8, 4) is 0 Å². The Hall–Kier alpha value is -0.380. The molecule has 5 aliphatic rings. The monoisotopic (exact) mass is 332 g/mol. The lowest BCUT2D eigenvalue weighted by atomic mass is 9.47. The summed E-state index contributed by atoms with van der Waals surface area (Å²) in [6, 6.07) is 0. The Balaban J connectivity index is 1.46. The summed E-state index contributed by atoms with van der Waals surface area (Å²) < 4.78 is 12.0. The van der Waals surface area contributed by atoms with Crippen molar-refractivity contribution in [2.45, 2.75) is 77.1 Å². The molecule has 1 saturated heterocycles. The maximum absolute atomic E-state index is 10.6. The molecule has 6 atom stereocenters. The molecule has 3 unspecified atom stereocenters. The third kappa shape index (κ3) is 1.95. The molecule has 4 aliphatic carbocycles. The lowest BCUT2D eigenvalue weighted by molar-refractivity contribution is -0.185. The zero-order chi connectivity index (χ0) is 16.6. The lowest BCUT2D eigenvalue weighted by Crippen LogP contribution is -2.52. The van der Waals surface area contributed by atoms with Crippen LogP contribution in [-0.4, -0.2) is 30.2 Å². The molecular formula is C21H32O3. The fourth-order valence-corrected chi connectivity index (χ4v) is 7.32. The maximum atomic E-state index is 10.6. The van der Waals surface area contributed by atoms with E-state index in [-0.39, 0.29) is 17.3 Å². The van der Waals surface area contributed by atoms with Gasteiger partial charge in [0.2, 0.25) is 0 Å². The fraction of sp³-hybridized carbons (Fsp3) is 0.905. The van der Waals surface area contributed by atoms with Crippen molar-refractivity contribution >= 4 is 0 Å². The quantitative estimate of drug-likeness (QED) is 0.680. The van der Waals surface area contributed by atoms with Gasteiger partial charge in [-0.05, 0) is 67.1 Å². The Morgan fingerprint density at radius 2 is 1.79 bits per heavy atom. The molecule has 0 bridgehead atoms. The molecule has 134 valence electrons. The summed E-state index contributed by atoms with van der Waals surface area (Å²) in [5.41, 5.74) is 2.12. The van der Waals surface area contributed by atoms with Crippen LogP contribution in [0.25, 0.3) is 0 Å². The summed E-state index contributed by atoms with van der Waals surface area (Å²) in [6.45, 7) is 6.40. The molecule has 5 rings (SSSR count). The molecule has 0 aromatic rings. The van der Waals surface area contributed by atoms with E-state index in [1.807, 2.05) is 0 Å². The molecule has 24 heavy (non-hydrogen) atoms. The van der Waals surface area contributed by atoms with E-state index in [2.05, 4.69) is 19.9 Å². The Morgan fingerprint density at radius 1 is 1.00 bits per heavy atom. The highest BCUT2D eigenvalue weighted by Crippen LogP contribution is 2.65. The molecule has 3 heteroatoms. The van der Waals surface area contributed by atoms with E-state index in [4.69, 9.17) is 9.47 Å². The minimum atomic E-state index is -0.301. The summed E-state index contributed by atoms with van der Waals surface area (Å²) in [7, 11) is 0. The van der Waals surface area contributed by atoms with Gasteiger partial charge in [0.05, 0.1) is 19.3 Å². The van der Waals surface area contributed by atoms with Crippen LogP contribution in [0, 0.1) is 28.6 Å². The molecule has 0 aromatic heterocycles. The van der Waals surface area contributed by atoms with Gasteiger partial charge in [0, 0.05) is 12.8 Å². The first kappa shape index (κ1) is 15.8. The predicted molar refractivity (Wildman–Crippen MR) is 92.3 cm³/mol. The van der Waals surface area contributed by atoms with Gasteiger partial charge in [-0.1, -0.05) is 25.5 Å². The van der Waals surface area contributed by atoms with Crippen LogP contribution in [0.1, 0.15) is 65.2 Å². The van der Waals surface area contributed by atoms with Crippen molar-refractivity contribution in [1.29, 1.82) is 0 Å². The van der Waals surface area contributed by atoms with Gasteiger partial charge in [-0.15, -0.1) is 0 Å². The van der Waals surface area contributed by atoms with Crippen LogP contribution in [0.15, 0.2) is 11.6 Å². The number of hydrogen-bond donors (Lipinski definition) is 1. The van der Waals surface area contributed by atoms with Gasteiger partial charge in [-0.3, -0.25) is 0 Å². The molecule has 1 N–H and O–H groups in total. The molecule has 1 aliphatic heterocycles. The molecule has 0 radical (unpaired) electrons. The third-order valence-electron chi connectivity index (χ3n) is 8.87. The van der Waals surface area contributed by atoms with Crippen LogP contribution < -0.4 is 0 Å². The molecule has 0 aromatic carbocycles. The molecule has 3 saturated carbocycles. The number of rotatable bonds is 0. The number of aliphatic hydroxyl groups is 1. The molecule has 1 spiro atoms. The first-order valence-corrected chi connectivity index (χ1v) is 10.1. The van der Waals surface area contributed by atoms with Crippen LogP contribution >= 0.6 is 0 Å². The number of ether oxygens (including phenoxy) is 2. The second-order valence-corrected chi connectivity index (χ2v) is 9.68. The molecular weight excluding hydrogens is 300 g/mol. The standard InChI is InChI=1S/C21H32O3/c1-19-9-10-21(23-11-12-24-21)13-14(19)3-4-15-16-5-6-18(22)20(16,2)8-7-17(15)19/h3,15-18,22H,4-13H2,1-2H3/t15?,16?,17?,18-,19-,20-/m1/s1. The van der Waals surface area contributed by atoms with Crippen LogP contribution in [0.4, 0.5) is 0 Å². The van der Waals surface area contributed by atoms with Gasteiger partial charge in [-0.2, -0.15) is 0 Å². The van der Waals surface area contributed by atoms with Crippen molar-refractivity contribution in [3.05, 3.63) is 11.6 Å². The number of fused-ring (bicyclic) bond motifs is 5. The highest BCUT2D eigenvalue weighted by atomic mass is 16.7. The summed E-state index contributed by atoms with van der Waals surface area (Å²) >= 11 is 0. The SMILES string of the molecule is C[C@@]12CCC3(CC1=CCC1C2CC[C@]2(C)C1CC[C@H]2O)OCCO3. The second kappa shape index (κ2) is 5.08. The summed E-state index contributed by atoms with van der Waals surface area (Å²) in [6.07, 6.45) is 11.7. The van der Waals surface area contributed by atoms with Crippen molar-refractivity contribution in [2.24, 2.45) is 28.6 Å². The summed E-state index contributed by atoms with van der Waals surface area (Å²) in [5, 5.41) is 10.6. The minimum absolute atomic E-state index is 0.0726. The average molecular weight is 332 g/mol. The highest BCUT2D eigenvalue weighted by molar-refractivity contribution is 5.26. The van der Waals surface area contributed by atoms with Gasteiger partial charge in [0.1, 0.15) is 0 Å². The van der Waals surface area contributed by atoms with E-state index < -0.39 is 0 Å². The van der Waals surface area contributed by atoms with Crippen LogP contribution in [-0.2, 0) is 9.47 Å². The number of aliphatic hydroxyl groups excluding tert-OH is 1. The van der Waals surface area contributed by atoms with E-state index in [1.165, 1.54) is 32.1 Å². The smallest absolute Gasteiger partial charge is 0.172 e. The average Bonchev–Trinajstić information content (AvgIpc) is 3.14. The number of hydrogen-bond acceptors (Lipinski definition) is 3. The van der Waals surface area contributed by atoms with Gasteiger partial charge in [0.15, 0.2) is 5.79 Å². The van der Waals surface area contributed by atoms with E-state index in [9.17, 15) is 5.11 Å². The van der Waals surface area contributed by atoms with E-state index in [0.717, 1.165) is 50.2 Å². The zero-order valence-corrected chi connectivity index (χ0v) is 15.2. The summed E-state index contributed by atoms with van der Waals surface area (Å²) in [5.74, 6) is 1.98. The van der Waals surface area contributed by atoms with Crippen LogP contribution in [0.5, 0.6) is 0 Å². The topological polar surface area (TPSA) is 38.7 Å². The fourth-order valence-electron chi connectivity index (χ4n) is 7.32. The molecule has 1 heterocycles. The normalized spacial score (nSPS) is 52.5. The first-order valence-electron chi connectivity index (χ1n) is 10.1. The van der Waals surface area contributed by atoms with Gasteiger partial charge < -0.3 is 14.6 Å². The Labute approximate surface area is 145 Å². The molecule has 4 fully saturated rings. The Morgan fingerprint density at radius 3 is 2.58 bits per heavy atom. The van der Waals surface area contributed by atoms with E-state index >= 15 is 0 Å². The largest absolute Gasteiger partial charge is 0.393 e. The lowest BCUT2D eigenvalue weighted by Gasteiger charge is -2.58.